The van der Waals surface area contributed by atoms with E-state index >= 15 is 0 Å². The van der Waals surface area contributed by atoms with E-state index in [2.05, 4.69) is 84.1 Å². The molecule has 0 unspecified atom stereocenters. The lowest BCUT2D eigenvalue weighted by atomic mass is 10.0. The third kappa shape index (κ3) is 2.67. The minimum atomic E-state index is 1.07. The van der Waals surface area contributed by atoms with E-state index < -0.39 is 0 Å². The second-order valence-electron chi connectivity index (χ2n) is 6.66. The predicted molar refractivity (Wildman–Crippen MR) is 103 cm³/mol. The minimum absolute atomic E-state index is 1.07. The molecule has 0 aliphatic carbocycles. The van der Waals surface area contributed by atoms with Crippen molar-refractivity contribution in [3.05, 3.63) is 70.9 Å². The van der Waals surface area contributed by atoms with Crippen molar-refractivity contribution >= 4 is 23.2 Å². The molecule has 4 rings (SSSR count). The fourth-order valence-corrected chi connectivity index (χ4v) is 3.68. The van der Waals surface area contributed by atoms with Crippen LogP contribution in [-0.4, -0.2) is 22.6 Å². The Kier molecular flexibility index (Phi) is 3.99. The molecular weight excluding hydrogens is 292 g/mol. The van der Waals surface area contributed by atoms with Gasteiger partial charge in [-0.25, -0.2) is 0 Å². The highest BCUT2D eigenvalue weighted by molar-refractivity contribution is 5.88. The lowest BCUT2D eigenvalue weighted by Crippen LogP contribution is -2.30. The average Bonchev–Trinajstić information content (AvgIpc) is 2.94. The van der Waals surface area contributed by atoms with Gasteiger partial charge in [0, 0.05) is 36.8 Å². The monoisotopic (exact) mass is 316 g/mol. The molecule has 2 aromatic carbocycles. The van der Waals surface area contributed by atoms with E-state index in [9.17, 15) is 0 Å². The lowest BCUT2D eigenvalue weighted by molar-refractivity contribution is 0.267. The zero-order valence-corrected chi connectivity index (χ0v) is 14.5. The van der Waals surface area contributed by atoms with Crippen molar-refractivity contribution < 1.29 is 0 Å². The summed E-state index contributed by atoms with van der Waals surface area (Å²) in [6.07, 6.45) is 5.59. The van der Waals surface area contributed by atoms with E-state index in [1.54, 1.807) is 0 Å². The summed E-state index contributed by atoms with van der Waals surface area (Å²) < 4.78 is 2.40. The Labute approximate surface area is 144 Å². The fraction of sp³-hybridized carbons (Fsp3) is 0.273. The first kappa shape index (κ1) is 15.2. The molecule has 122 valence electrons. The molecule has 1 aliphatic rings. The number of hydrogen-bond donors (Lipinski definition) is 0. The number of benzene rings is 2. The standard InChI is InChI=1S/C22H24N2/c1-3-23-14-13-22-20(16-23)19-6-4-5-7-21(19)24(22)15-12-18-10-8-17(2)9-11-18/h4-12,15H,3,13-14,16H2,1-2H3. The normalized spacial score (nSPS) is 15.2. The smallest absolute Gasteiger partial charge is 0.0528 e. The molecule has 0 radical (unpaired) electrons. The third-order valence-electron chi connectivity index (χ3n) is 5.12. The zero-order chi connectivity index (χ0) is 16.5. The molecule has 1 aliphatic heterocycles. The Bertz CT molecular complexity index is 884. The van der Waals surface area contributed by atoms with Gasteiger partial charge < -0.3 is 4.57 Å². The van der Waals surface area contributed by atoms with E-state index in [1.807, 2.05) is 0 Å². The van der Waals surface area contributed by atoms with Crippen LogP contribution in [0.2, 0.25) is 0 Å². The Balaban J connectivity index is 1.79. The number of aromatic nitrogens is 1. The van der Waals surface area contributed by atoms with Gasteiger partial charge in [-0.15, -0.1) is 0 Å². The predicted octanol–water partition coefficient (Wildman–Crippen LogP) is 4.96. The Morgan fingerprint density at radius 1 is 1.04 bits per heavy atom. The van der Waals surface area contributed by atoms with Gasteiger partial charge in [-0.05, 0) is 36.7 Å². The Morgan fingerprint density at radius 2 is 1.83 bits per heavy atom. The molecule has 24 heavy (non-hydrogen) atoms. The summed E-state index contributed by atoms with van der Waals surface area (Å²) in [4.78, 5) is 2.53. The van der Waals surface area contributed by atoms with Crippen LogP contribution in [0.1, 0.15) is 29.3 Å². The van der Waals surface area contributed by atoms with Crippen LogP contribution >= 0.6 is 0 Å². The summed E-state index contributed by atoms with van der Waals surface area (Å²) in [6, 6.07) is 17.5. The maximum atomic E-state index is 2.53. The van der Waals surface area contributed by atoms with Gasteiger partial charge in [0.05, 0.1) is 5.52 Å². The summed E-state index contributed by atoms with van der Waals surface area (Å²) in [6.45, 7) is 7.72. The maximum absolute atomic E-state index is 2.53. The number of likely N-dealkylation sites (N-methyl/N-ethyl adjacent to an activating group) is 1. The molecule has 1 aromatic heterocycles. The zero-order valence-electron chi connectivity index (χ0n) is 14.5. The first-order valence-electron chi connectivity index (χ1n) is 8.84. The molecule has 0 fully saturated rings. The van der Waals surface area contributed by atoms with Crippen molar-refractivity contribution in [2.45, 2.75) is 26.8 Å². The molecular formula is C22H24N2. The van der Waals surface area contributed by atoms with E-state index in [1.165, 1.54) is 33.3 Å². The average molecular weight is 316 g/mol. The van der Waals surface area contributed by atoms with Crippen LogP contribution in [-0.2, 0) is 13.0 Å². The molecule has 0 saturated heterocycles. The van der Waals surface area contributed by atoms with Crippen molar-refractivity contribution in [3.63, 3.8) is 0 Å². The van der Waals surface area contributed by atoms with Crippen molar-refractivity contribution in [2.24, 2.45) is 0 Å². The van der Waals surface area contributed by atoms with E-state index in [0.29, 0.717) is 0 Å². The second kappa shape index (κ2) is 6.29. The topological polar surface area (TPSA) is 8.17 Å². The van der Waals surface area contributed by atoms with Gasteiger partial charge in [0.2, 0.25) is 0 Å². The summed E-state index contributed by atoms with van der Waals surface area (Å²) in [7, 11) is 0. The molecule has 2 heterocycles. The van der Waals surface area contributed by atoms with E-state index in [-0.39, 0.29) is 0 Å². The van der Waals surface area contributed by atoms with Crippen LogP contribution in [0.4, 0.5) is 0 Å². The molecule has 3 aromatic rings. The first-order chi connectivity index (χ1) is 11.8. The second-order valence-corrected chi connectivity index (χ2v) is 6.66. The van der Waals surface area contributed by atoms with Gasteiger partial charge in [-0.2, -0.15) is 0 Å². The number of aryl methyl sites for hydroxylation is 1. The summed E-state index contributed by atoms with van der Waals surface area (Å²) in [5, 5.41) is 1.40. The summed E-state index contributed by atoms with van der Waals surface area (Å²) >= 11 is 0. The Morgan fingerprint density at radius 3 is 2.62 bits per heavy atom. The molecule has 0 spiro atoms. The number of para-hydroxylation sites is 1. The van der Waals surface area contributed by atoms with Gasteiger partial charge in [0.25, 0.3) is 0 Å². The van der Waals surface area contributed by atoms with Crippen LogP contribution in [0.25, 0.3) is 23.2 Å². The van der Waals surface area contributed by atoms with Crippen LogP contribution in [0.3, 0.4) is 0 Å². The van der Waals surface area contributed by atoms with Crippen LogP contribution in [0.5, 0.6) is 0 Å². The maximum Gasteiger partial charge on any atom is 0.0528 e. The van der Waals surface area contributed by atoms with Gasteiger partial charge >= 0.3 is 0 Å². The molecule has 2 nitrogen and oxygen atoms in total. The van der Waals surface area contributed by atoms with E-state index in [0.717, 1.165) is 26.1 Å². The Hall–Kier alpha value is -2.32. The van der Waals surface area contributed by atoms with Gasteiger partial charge in [0.15, 0.2) is 0 Å². The number of rotatable bonds is 3. The molecule has 0 amide bonds. The van der Waals surface area contributed by atoms with Crippen LogP contribution < -0.4 is 0 Å². The highest BCUT2D eigenvalue weighted by Gasteiger charge is 2.22. The lowest BCUT2D eigenvalue weighted by Gasteiger charge is -2.26. The fourth-order valence-electron chi connectivity index (χ4n) is 3.68. The highest BCUT2D eigenvalue weighted by atomic mass is 15.1. The van der Waals surface area contributed by atoms with Gasteiger partial charge in [-0.1, -0.05) is 55.0 Å². The molecule has 2 heteroatoms. The van der Waals surface area contributed by atoms with E-state index in [4.69, 9.17) is 0 Å². The van der Waals surface area contributed by atoms with Gasteiger partial charge in [-0.3, -0.25) is 4.90 Å². The first-order valence-corrected chi connectivity index (χ1v) is 8.84. The molecule has 0 saturated carbocycles. The van der Waals surface area contributed by atoms with Crippen molar-refractivity contribution in [1.29, 1.82) is 0 Å². The third-order valence-corrected chi connectivity index (χ3v) is 5.12. The van der Waals surface area contributed by atoms with Crippen molar-refractivity contribution in [1.82, 2.24) is 9.47 Å². The van der Waals surface area contributed by atoms with Crippen LogP contribution in [0, 0.1) is 6.92 Å². The van der Waals surface area contributed by atoms with Gasteiger partial charge in [0.1, 0.15) is 0 Å². The van der Waals surface area contributed by atoms with Crippen molar-refractivity contribution in [2.75, 3.05) is 13.1 Å². The number of hydrogen-bond acceptors (Lipinski definition) is 1. The molecule has 0 bridgehead atoms. The highest BCUT2D eigenvalue weighted by Crippen LogP contribution is 2.31. The summed E-state index contributed by atoms with van der Waals surface area (Å²) in [5.74, 6) is 0. The number of fused-ring (bicyclic) bond motifs is 3. The molecule has 0 N–H and O–H groups in total. The van der Waals surface area contributed by atoms with Crippen LogP contribution in [0.15, 0.2) is 48.5 Å². The quantitative estimate of drug-likeness (QED) is 0.663. The largest absolute Gasteiger partial charge is 0.320 e. The minimum Gasteiger partial charge on any atom is -0.320 e. The van der Waals surface area contributed by atoms with Crippen molar-refractivity contribution in [3.8, 4) is 0 Å². The SMILES string of the molecule is CCN1CCc2c(c3ccccc3n2C=Cc2ccc(C)cc2)C1. The molecule has 0 atom stereocenters. The summed E-state index contributed by atoms with van der Waals surface area (Å²) in [5.41, 5.74) is 6.86. The number of nitrogens with zero attached hydrogens (tertiary/aromatic N) is 2.